The van der Waals surface area contributed by atoms with Gasteiger partial charge in [0.1, 0.15) is 0 Å². The van der Waals surface area contributed by atoms with Crippen LogP contribution in [0, 0.1) is 6.92 Å². The molecule has 3 rings (SSSR count). The minimum atomic E-state index is 0.100. The molecule has 0 spiro atoms. The van der Waals surface area contributed by atoms with Crippen molar-refractivity contribution < 1.29 is 4.79 Å². The van der Waals surface area contributed by atoms with Crippen LogP contribution in [0.15, 0.2) is 46.9 Å². The van der Waals surface area contributed by atoms with E-state index in [1.165, 1.54) is 0 Å². The van der Waals surface area contributed by atoms with Gasteiger partial charge in [0.2, 0.25) is 0 Å². The van der Waals surface area contributed by atoms with Gasteiger partial charge in [0.15, 0.2) is 0 Å². The van der Waals surface area contributed by atoms with Crippen LogP contribution >= 0.6 is 15.9 Å². The number of carbonyl (C=O) groups excluding carboxylic acids is 1. The number of carbonyl (C=O) groups is 1. The summed E-state index contributed by atoms with van der Waals surface area (Å²) in [6.45, 7) is 2.78. The van der Waals surface area contributed by atoms with Gasteiger partial charge in [-0.1, -0.05) is 40.2 Å². The molecule has 0 aromatic heterocycles. The van der Waals surface area contributed by atoms with Gasteiger partial charge < -0.3 is 4.90 Å². The summed E-state index contributed by atoms with van der Waals surface area (Å²) in [5, 5.41) is 0. The van der Waals surface area contributed by atoms with E-state index in [0.717, 1.165) is 39.8 Å². The van der Waals surface area contributed by atoms with Crippen LogP contribution in [-0.4, -0.2) is 12.5 Å². The van der Waals surface area contributed by atoms with Crippen molar-refractivity contribution in [2.45, 2.75) is 13.3 Å². The molecule has 1 aliphatic rings. The van der Waals surface area contributed by atoms with Crippen molar-refractivity contribution in [2.75, 3.05) is 11.4 Å². The van der Waals surface area contributed by atoms with Crippen molar-refractivity contribution in [1.29, 1.82) is 0 Å². The molecule has 0 fully saturated rings. The van der Waals surface area contributed by atoms with E-state index < -0.39 is 0 Å². The summed E-state index contributed by atoms with van der Waals surface area (Å²) in [4.78, 5) is 14.5. The Morgan fingerprint density at radius 2 is 1.95 bits per heavy atom. The predicted octanol–water partition coefficient (Wildman–Crippen LogP) is 3.96. The standard InChI is InChI=1S/C16H14BrNO/c1-11-6-7-13(17)10-15(11)18-9-8-12-4-2-3-5-14(12)16(18)19/h2-7,10H,8-9H2,1H3. The number of benzene rings is 2. The molecular weight excluding hydrogens is 302 g/mol. The fourth-order valence-corrected chi connectivity index (χ4v) is 2.88. The van der Waals surface area contributed by atoms with Crippen LogP contribution in [0.25, 0.3) is 0 Å². The molecule has 2 nitrogen and oxygen atoms in total. The lowest BCUT2D eigenvalue weighted by molar-refractivity contribution is 0.0980. The van der Waals surface area contributed by atoms with E-state index in [1.54, 1.807) is 0 Å². The number of fused-ring (bicyclic) bond motifs is 1. The number of anilines is 1. The Kier molecular flexibility index (Phi) is 3.15. The maximum absolute atomic E-state index is 12.6. The topological polar surface area (TPSA) is 20.3 Å². The van der Waals surface area contributed by atoms with Crippen molar-refractivity contribution in [1.82, 2.24) is 0 Å². The van der Waals surface area contributed by atoms with Gasteiger partial charge in [-0.15, -0.1) is 0 Å². The molecule has 0 aliphatic carbocycles. The number of rotatable bonds is 1. The molecule has 1 aliphatic heterocycles. The van der Waals surface area contributed by atoms with E-state index in [1.807, 2.05) is 54.3 Å². The van der Waals surface area contributed by atoms with Gasteiger partial charge >= 0.3 is 0 Å². The number of hydrogen-bond acceptors (Lipinski definition) is 1. The number of aryl methyl sites for hydroxylation is 1. The summed E-state index contributed by atoms with van der Waals surface area (Å²) in [5.41, 5.74) is 4.09. The zero-order valence-electron chi connectivity index (χ0n) is 10.7. The van der Waals surface area contributed by atoms with E-state index in [2.05, 4.69) is 15.9 Å². The maximum atomic E-state index is 12.6. The molecule has 0 radical (unpaired) electrons. The first-order chi connectivity index (χ1) is 9.16. The van der Waals surface area contributed by atoms with E-state index in [4.69, 9.17) is 0 Å². The first kappa shape index (κ1) is 12.4. The molecule has 1 heterocycles. The largest absolute Gasteiger partial charge is 0.308 e. The van der Waals surface area contributed by atoms with E-state index in [9.17, 15) is 4.79 Å². The Bertz CT molecular complexity index is 651. The average Bonchev–Trinajstić information content (AvgIpc) is 2.43. The van der Waals surface area contributed by atoms with Gasteiger partial charge in [0.05, 0.1) is 0 Å². The van der Waals surface area contributed by atoms with E-state index in [0.29, 0.717) is 0 Å². The molecule has 0 saturated heterocycles. The van der Waals surface area contributed by atoms with Crippen LogP contribution in [0.5, 0.6) is 0 Å². The second kappa shape index (κ2) is 4.82. The van der Waals surface area contributed by atoms with Gasteiger partial charge in [0.25, 0.3) is 5.91 Å². The molecule has 19 heavy (non-hydrogen) atoms. The van der Waals surface area contributed by atoms with E-state index in [-0.39, 0.29) is 5.91 Å². The first-order valence-electron chi connectivity index (χ1n) is 6.33. The molecule has 0 bridgehead atoms. The fourth-order valence-electron chi connectivity index (χ4n) is 2.53. The summed E-state index contributed by atoms with van der Waals surface area (Å²) in [6.07, 6.45) is 0.911. The number of hydrogen-bond donors (Lipinski definition) is 0. The Morgan fingerprint density at radius 3 is 2.79 bits per heavy atom. The molecule has 3 heteroatoms. The average molecular weight is 316 g/mol. The second-order valence-electron chi connectivity index (χ2n) is 4.79. The Labute approximate surface area is 121 Å². The third-order valence-electron chi connectivity index (χ3n) is 3.56. The zero-order valence-corrected chi connectivity index (χ0v) is 12.3. The van der Waals surface area contributed by atoms with Crippen molar-refractivity contribution >= 4 is 27.5 Å². The Hall–Kier alpha value is -1.61. The van der Waals surface area contributed by atoms with Crippen LogP contribution in [0.3, 0.4) is 0 Å². The van der Waals surface area contributed by atoms with Gasteiger partial charge in [-0.25, -0.2) is 0 Å². The van der Waals surface area contributed by atoms with Gasteiger partial charge in [-0.05, 0) is 42.7 Å². The summed E-state index contributed by atoms with van der Waals surface area (Å²) >= 11 is 3.48. The molecule has 2 aromatic carbocycles. The summed E-state index contributed by atoms with van der Waals surface area (Å²) in [5.74, 6) is 0.100. The lowest BCUT2D eigenvalue weighted by Crippen LogP contribution is -2.38. The number of amides is 1. The third kappa shape index (κ3) is 2.19. The van der Waals surface area contributed by atoms with Crippen LogP contribution in [0.4, 0.5) is 5.69 Å². The molecular formula is C16H14BrNO. The SMILES string of the molecule is Cc1ccc(Br)cc1N1CCc2ccccc2C1=O. The normalized spacial score (nSPS) is 14.4. The highest BCUT2D eigenvalue weighted by atomic mass is 79.9. The summed E-state index contributed by atoms with van der Waals surface area (Å²) in [7, 11) is 0. The van der Waals surface area contributed by atoms with Crippen LogP contribution in [0.2, 0.25) is 0 Å². The molecule has 1 amide bonds. The highest BCUT2D eigenvalue weighted by molar-refractivity contribution is 9.10. The molecule has 0 N–H and O–H groups in total. The number of nitrogens with zero attached hydrogens (tertiary/aromatic N) is 1. The van der Waals surface area contributed by atoms with Crippen LogP contribution in [0.1, 0.15) is 21.5 Å². The fraction of sp³-hybridized carbons (Fsp3) is 0.188. The maximum Gasteiger partial charge on any atom is 0.258 e. The molecule has 0 atom stereocenters. The lowest BCUT2D eigenvalue weighted by atomic mass is 9.98. The minimum absolute atomic E-state index is 0.100. The van der Waals surface area contributed by atoms with Crippen molar-refractivity contribution in [3.63, 3.8) is 0 Å². The molecule has 0 saturated carbocycles. The van der Waals surface area contributed by atoms with Gasteiger partial charge in [-0.2, -0.15) is 0 Å². The monoisotopic (exact) mass is 315 g/mol. The molecule has 0 unspecified atom stereocenters. The third-order valence-corrected chi connectivity index (χ3v) is 4.05. The lowest BCUT2D eigenvalue weighted by Gasteiger charge is -2.29. The van der Waals surface area contributed by atoms with Crippen molar-refractivity contribution in [3.8, 4) is 0 Å². The van der Waals surface area contributed by atoms with Crippen LogP contribution in [-0.2, 0) is 6.42 Å². The zero-order chi connectivity index (χ0) is 13.4. The van der Waals surface area contributed by atoms with Crippen LogP contribution < -0.4 is 4.90 Å². The molecule has 96 valence electrons. The minimum Gasteiger partial charge on any atom is -0.308 e. The van der Waals surface area contributed by atoms with Crippen molar-refractivity contribution in [3.05, 3.63) is 63.6 Å². The highest BCUT2D eigenvalue weighted by Gasteiger charge is 2.25. The van der Waals surface area contributed by atoms with Gasteiger partial charge in [0, 0.05) is 22.3 Å². The summed E-state index contributed by atoms with van der Waals surface area (Å²) in [6, 6.07) is 13.9. The Morgan fingerprint density at radius 1 is 1.16 bits per heavy atom. The smallest absolute Gasteiger partial charge is 0.258 e. The quantitative estimate of drug-likeness (QED) is 0.780. The molecule has 2 aromatic rings. The summed E-state index contributed by atoms with van der Waals surface area (Å²) < 4.78 is 1.000. The highest BCUT2D eigenvalue weighted by Crippen LogP contribution is 2.29. The predicted molar refractivity (Wildman–Crippen MR) is 80.7 cm³/mol. The van der Waals surface area contributed by atoms with Gasteiger partial charge in [-0.3, -0.25) is 4.79 Å². The Balaban J connectivity index is 2.05. The number of halogens is 1. The second-order valence-corrected chi connectivity index (χ2v) is 5.71. The first-order valence-corrected chi connectivity index (χ1v) is 7.12. The van der Waals surface area contributed by atoms with Crippen molar-refractivity contribution in [2.24, 2.45) is 0 Å². The van der Waals surface area contributed by atoms with E-state index >= 15 is 0 Å².